The molecule has 0 atom stereocenters. The molecule has 1 fully saturated rings. The van der Waals surface area contributed by atoms with Gasteiger partial charge in [-0.1, -0.05) is 13.8 Å². The third-order valence-electron chi connectivity index (χ3n) is 7.52. The second kappa shape index (κ2) is 13.1. The third kappa shape index (κ3) is 6.54. The molecule has 1 aliphatic heterocycles. The number of hydrogen-bond acceptors (Lipinski definition) is 8. The molecule has 0 saturated carbocycles. The van der Waals surface area contributed by atoms with Crippen molar-refractivity contribution < 1.29 is 14.3 Å². The SMILES string of the molecule is CCOc1cc(-c2ccc(N3CCC(CN(C)CCOC)(C(=O)NCC(C)C)CC3)nc2)c2c(C#N)cnn2c1. The number of rotatable bonds is 12. The maximum atomic E-state index is 13.4. The number of fused-ring (bicyclic) bond motifs is 1. The van der Waals surface area contributed by atoms with Gasteiger partial charge in [0.05, 0.1) is 42.1 Å². The average molecular weight is 548 g/mol. The number of hydrogen-bond donors (Lipinski definition) is 1. The summed E-state index contributed by atoms with van der Waals surface area (Å²) in [6.07, 6.45) is 6.69. The molecule has 1 saturated heterocycles. The van der Waals surface area contributed by atoms with Crippen LogP contribution in [0.15, 0.2) is 36.8 Å². The van der Waals surface area contributed by atoms with E-state index in [1.807, 2.05) is 31.3 Å². The average Bonchev–Trinajstić information content (AvgIpc) is 3.38. The van der Waals surface area contributed by atoms with Gasteiger partial charge in [0.1, 0.15) is 17.6 Å². The van der Waals surface area contributed by atoms with Crippen LogP contribution in [0.4, 0.5) is 5.82 Å². The van der Waals surface area contributed by atoms with Gasteiger partial charge >= 0.3 is 0 Å². The van der Waals surface area contributed by atoms with E-state index in [0.717, 1.165) is 54.9 Å². The van der Waals surface area contributed by atoms with Crippen LogP contribution in [0.5, 0.6) is 5.75 Å². The minimum absolute atomic E-state index is 0.140. The molecule has 10 heteroatoms. The van der Waals surface area contributed by atoms with Crippen molar-refractivity contribution in [3.8, 4) is 22.9 Å². The van der Waals surface area contributed by atoms with Crippen LogP contribution < -0.4 is 15.0 Å². The maximum Gasteiger partial charge on any atom is 0.227 e. The van der Waals surface area contributed by atoms with Gasteiger partial charge in [-0.05, 0) is 50.9 Å². The molecular formula is C30H41N7O3. The number of methoxy groups -OCH3 is 1. The van der Waals surface area contributed by atoms with Crippen LogP contribution >= 0.6 is 0 Å². The molecule has 0 unspecified atom stereocenters. The summed E-state index contributed by atoms with van der Waals surface area (Å²) in [7, 11) is 3.75. The van der Waals surface area contributed by atoms with Gasteiger partial charge in [0, 0.05) is 57.2 Å². The van der Waals surface area contributed by atoms with E-state index in [9.17, 15) is 10.1 Å². The standard InChI is InChI=1S/C30H41N7O3/c1-6-40-25-15-26(28-24(16-31)19-34-37(28)20-25)23-7-8-27(32-18-23)36-11-9-30(10-12-36,21-35(4)13-14-39-5)29(38)33-17-22(2)3/h7-8,15,18-20,22H,6,9-14,17,21H2,1-5H3,(H,33,38). The number of carbonyl (C=O) groups is 1. The molecule has 4 heterocycles. The van der Waals surface area contributed by atoms with Crippen molar-refractivity contribution in [3.63, 3.8) is 0 Å². The maximum absolute atomic E-state index is 13.4. The van der Waals surface area contributed by atoms with Crippen LogP contribution in [0.25, 0.3) is 16.6 Å². The smallest absolute Gasteiger partial charge is 0.227 e. The molecule has 3 aromatic rings. The van der Waals surface area contributed by atoms with Crippen LogP contribution in [-0.4, -0.2) is 85.5 Å². The van der Waals surface area contributed by atoms with Gasteiger partial charge in [-0.2, -0.15) is 10.4 Å². The zero-order valence-electron chi connectivity index (χ0n) is 24.3. The molecule has 0 aromatic carbocycles. The van der Waals surface area contributed by atoms with Gasteiger partial charge < -0.3 is 24.6 Å². The zero-order valence-corrected chi connectivity index (χ0v) is 24.3. The van der Waals surface area contributed by atoms with Gasteiger partial charge in [-0.3, -0.25) is 4.79 Å². The van der Waals surface area contributed by atoms with E-state index in [0.29, 0.717) is 43.5 Å². The highest BCUT2D eigenvalue weighted by molar-refractivity contribution is 5.85. The summed E-state index contributed by atoms with van der Waals surface area (Å²) in [4.78, 5) is 22.7. The summed E-state index contributed by atoms with van der Waals surface area (Å²) in [6.45, 7) is 11.0. The Bertz CT molecular complexity index is 1320. The Hall–Kier alpha value is -3.68. The van der Waals surface area contributed by atoms with Crippen molar-refractivity contribution >= 4 is 17.2 Å². The molecule has 0 bridgehead atoms. The molecular weight excluding hydrogens is 506 g/mol. The first-order valence-electron chi connectivity index (χ1n) is 14.0. The fourth-order valence-corrected chi connectivity index (χ4v) is 5.32. The first-order valence-corrected chi connectivity index (χ1v) is 14.0. The highest BCUT2D eigenvalue weighted by Gasteiger charge is 2.42. The summed E-state index contributed by atoms with van der Waals surface area (Å²) in [5, 5.41) is 17.2. The Morgan fingerprint density at radius 2 is 2.05 bits per heavy atom. The first kappa shape index (κ1) is 29.3. The molecule has 0 radical (unpaired) electrons. The minimum atomic E-state index is -0.450. The molecule has 214 valence electrons. The number of amides is 1. The largest absolute Gasteiger partial charge is 0.492 e. The quantitative estimate of drug-likeness (QED) is 0.367. The molecule has 1 amide bonds. The number of anilines is 1. The minimum Gasteiger partial charge on any atom is -0.492 e. The van der Waals surface area contributed by atoms with Gasteiger partial charge in [-0.25, -0.2) is 9.50 Å². The summed E-state index contributed by atoms with van der Waals surface area (Å²) in [5.41, 5.74) is 2.51. The normalized spacial score (nSPS) is 15.0. The van der Waals surface area contributed by atoms with Crippen LogP contribution in [0.3, 0.4) is 0 Å². The van der Waals surface area contributed by atoms with Gasteiger partial charge in [0.25, 0.3) is 0 Å². The number of likely N-dealkylation sites (N-methyl/N-ethyl adjacent to an activating group) is 1. The fraction of sp³-hybridized carbons (Fsp3) is 0.533. The molecule has 0 spiro atoms. The number of nitrogens with zero attached hydrogens (tertiary/aromatic N) is 6. The highest BCUT2D eigenvalue weighted by Crippen LogP contribution is 2.36. The van der Waals surface area contributed by atoms with Crippen molar-refractivity contribution in [1.29, 1.82) is 5.26 Å². The Morgan fingerprint density at radius 1 is 1.27 bits per heavy atom. The molecule has 10 nitrogen and oxygen atoms in total. The lowest BCUT2D eigenvalue weighted by molar-refractivity contribution is -0.133. The van der Waals surface area contributed by atoms with Gasteiger partial charge in [0.2, 0.25) is 5.91 Å². The van der Waals surface area contributed by atoms with Crippen LogP contribution in [0.2, 0.25) is 0 Å². The van der Waals surface area contributed by atoms with E-state index in [-0.39, 0.29) is 5.91 Å². The number of carbonyl (C=O) groups excluding carboxylic acids is 1. The summed E-state index contributed by atoms with van der Waals surface area (Å²) < 4.78 is 12.7. The van der Waals surface area contributed by atoms with E-state index in [4.69, 9.17) is 14.5 Å². The number of ether oxygens (including phenoxy) is 2. The Labute approximate surface area is 236 Å². The lowest BCUT2D eigenvalue weighted by Gasteiger charge is -2.43. The van der Waals surface area contributed by atoms with Crippen molar-refractivity contribution in [2.24, 2.45) is 11.3 Å². The van der Waals surface area contributed by atoms with Gasteiger partial charge in [0.15, 0.2) is 0 Å². The Balaban J connectivity index is 1.53. The van der Waals surface area contributed by atoms with Crippen molar-refractivity contribution in [3.05, 3.63) is 42.4 Å². The number of piperidine rings is 1. The monoisotopic (exact) mass is 547 g/mol. The van der Waals surface area contributed by atoms with Crippen LogP contribution in [0.1, 0.15) is 39.2 Å². The van der Waals surface area contributed by atoms with E-state index in [1.165, 1.54) is 0 Å². The number of nitriles is 1. The molecule has 1 N–H and O–H groups in total. The van der Waals surface area contributed by atoms with E-state index >= 15 is 0 Å². The van der Waals surface area contributed by atoms with E-state index in [2.05, 4.69) is 47.2 Å². The molecule has 3 aromatic heterocycles. The molecule has 40 heavy (non-hydrogen) atoms. The number of nitrogens with one attached hydrogen (secondary N) is 1. The predicted octanol–water partition coefficient (Wildman–Crippen LogP) is 3.60. The van der Waals surface area contributed by atoms with Crippen LogP contribution in [0, 0.1) is 22.7 Å². The molecule has 0 aliphatic carbocycles. The summed E-state index contributed by atoms with van der Waals surface area (Å²) in [5.74, 6) is 2.09. The third-order valence-corrected chi connectivity index (χ3v) is 7.52. The van der Waals surface area contributed by atoms with E-state index in [1.54, 1.807) is 24.0 Å². The second-order valence-corrected chi connectivity index (χ2v) is 11.0. The zero-order chi connectivity index (χ0) is 28.7. The lowest BCUT2D eigenvalue weighted by Crippen LogP contribution is -2.54. The Morgan fingerprint density at radius 3 is 2.67 bits per heavy atom. The summed E-state index contributed by atoms with van der Waals surface area (Å²) >= 11 is 0. The lowest BCUT2D eigenvalue weighted by atomic mass is 9.76. The predicted molar refractivity (Wildman–Crippen MR) is 155 cm³/mol. The van der Waals surface area contributed by atoms with E-state index < -0.39 is 5.41 Å². The van der Waals surface area contributed by atoms with Gasteiger partial charge in [-0.15, -0.1) is 0 Å². The van der Waals surface area contributed by atoms with Crippen molar-refractivity contribution in [1.82, 2.24) is 24.8 Å². The molecule has 4 rings (SSSR count). The first-order chi connectivity index (χ1) is 19.3. The molecule has 1 aliphatic rings. The van der Waals surface area contributed by atoms with Crippen molar-refractivity contribution in [2.75, 3.05) is 65.0 Å². The topological polar surface area (TPSA) is 108 Å². The fourth-order valence-electron chi connectivity index (χ4n) is 5.32. The number of aromatic nitrogens is 3. The highest BCUT2D eigenvalue weighted by atomic mass is 16.5. The Kier molecular flexibility index (Phi) is 9.61. The number of pyridine rings is 2. The summed E-state index contributed by atoms with van der Waals surface area (Å²) in [6, 6.07) is 8.21. The van der Waals surface area contributed by atoms with Crippen LogP contribution in [-0.2, 0) is 9.53 Å². The second-order valence-electron chi connectivity index (χ2n) is 11.0. The van der Waals surface area contributed by atoms with Crippen molar-refractivity contribution in [2.45, 2.75) is 33.6 Å².